The van der Waals surface area contributed by atoms with Crippen molar-refractivity contribution in [3.05, 3.63) is 71.3 Å². The van der Waals surface area contributed by atoms with Crippen molar-refractivity contribution in [1.82, 2.24) is 0 Å². The van der Waals surface area contributed by atoms with Crippen molar-refractivity contribution in [2.45, 2.75) is 37.4 Å². The minimum absolute atomic E-state index is 0.0355. The van der Waals surface area contributed by atoms with Crippen LogP contribution in [0.3, 0.4) is 0 Å². The minimum Gasteiger partial charge on any atom is -0.399 e. The van der Waals surface area contributed by atoms with Crippen LogP contribution in [0.15, 0.2) is 59.8 Å². The molecule has 0 aromatic heterocycles. The van der Waals surface area contributed by atoms with E-state index >= 15 is 0 Å². The summed E-state index contributed by atoms with van der Waals surface area (Å²) in [6, 6.07) is 19.2. The lowest BCUT2D eigenvalue weighted by molar-refractivity contribution is -0.0744. The van der Waals surface area contributed by atoms with E-state index < -0.39 is 0 Å². The lowest BCUT2D eigenvalue weighted by atomic mass is 9.78. The normalized spacial score (nSPS) is 26.1. The Balaban J connectivity index is 1.70. The second-order valence-electron chi connectivity index (χ2n) is 6.33. The van der Waals surface area contributed by atoms with Gasteiger partial charge < -0.3 is 9.57 Å². The summed E-state index contributed by atoms with van der Waals surface area (Å²) in [6.45, 7) is 0. The zero-order valence-corrected chi connectivity index (χ0v) is 13.4. The van der Waals surface area contributed by atoms with E-state index in [0.29, 0.717) is 0 Å². The summed E-state index contributed by atoms with van der Waals surface area (Å²) in [6.07, 6.45) is 3.84. The van der Waals surface area contributed by atoms with Crippen molar-refractivity contribution in [2.24, 2.45) is 5.16 Å². The van der Waals surface area contributed by atoms with E-state index in [1.807, 2.05) is 6.07 Å². The highest BCUT2D eigenvalue weighted by Gasteiger charge is 2.46. The van der Waals surface area contributed by atoms with Crippen LogP contribution in [-0.4, -0.2) is 12.8 Å². The number of nitrogens with zero attached hydrogens (tertiary/aromatic N) is 1. The van der Waals surface area contributed by atoms with Gasteiger partial charge in [-0.25, -0.2) is 0 Å². The van der Waals surface area contributed by atoms with Gasteiger partial charge in [0.1, 0.15) is 13.2 Å². The molecule has 0 saturated heterocycles. The maximum atomic E-state index is 6.68. The minimum atomic E-state index is -0.177. The Hall–Kier alpha value is -2.13. The van der Waals surface area contributed by atoms with E-state index in [2.05, 4.69) is 53.7 Å². The molecule has 0 radical (unpaired) electrons. The molecule has 118 valence electrons. The predicted octanol–water partition coefficient (Wildman–Crippen LogP) is 4.58. The molecule has 1 aliphatic carbocycles. The van der Waals surface area contributed by atoms with Crippen LogP contribution in [0.4, 0.5) is 0 Å². The van der Waals surface area contributed by atoms with Crippen LogP contribution in [0.2, 0.25) is 0 Å². The van der Waals surface area contributed by atoms with Crippen molar-refractivity contribution < 1.29 is 9.57 Å². The maximum absolute atomic E-state index is 6.68. The molecule has 0 amide bonds. The van der Waals surface area contributed by atoms with Crippen LogP contribution >= 0.6 is 0 Å². The quantitative estimate of drug-likeness (QED) is 0.760. The number of oxime groups is 1. The Labute approximate surface area is 136 Å². The molecule has 23 heavy (non-hydrogen) atoms. The second kappa shape index (κ2) is 5.82. The summed E-state index contributed by atoms with van der Waals surface area (Å²) in [5, 5.41) is 4.13. The van der Waals surface area contributed by atoms with Crippen LogP contribution in [0.5, 0.6) is 0 Å². The number of fused-ring (bicyclic) bond motifs is 2. The van der Waals surface area contributed by atoms with E-state index in [1.165, 1.54) is 16.7 Å². The van der Waals surface area contributed by atoms with Gasteiger partial charge in [0.25, 0.3) is 0 Å². The van der Waals surface area contributed by atoms with Crippen molar-refractivity contribution in [3.8, 4) is 0 Å². The number of hydrogen-bond acceptors (Lipinski definition) is 3. The summed E-state index contributed by atoms with van der Waals surface area (Å²) in [4.78, 5) is 4.94. The number of hydrogen-bond donors (Lipinski definition) is 0. The molecular weight excluding hydrogens is 286 g/mol. The fraction of sp³-hybridized carbons (Fsp3) is 0.350. The van der Waals surface area contributed by atoms with E-state index in [4.69, 9.17) is 9.57 Å². The van der Waals surface area contributed by atoms with Gasteiger partial charge >= 0.3 is 0 Å². The topological polar surface area (TPSA) is 30.8 Å². The van der Waals surface area contributed by atoms with Gasteiger partial charge in [0.05, 0.1) is 11.3 Å². The van der Waals surface area contributed by atoms with E-state index in [0.717, 1.165) is 31.4 Å². The predicted molar refractivity (Wildman–Crippen MR) is 90.4 cm³/mol. The fourth-order valence-electron chi connectivity index (χ4n) is 3.92. The lowest BCUT2D eigenvalue weighted by Gasteiger charge is -2.34. The van der Waals surface area contributed by atoms with Crippen LogP contribution in [0.1, 0.15) is 48.5 Å². The van der Waals surface area contributed by atoms with Crippen molar-refractivity contribution >= 4 is 5.71 Å². The summed E-state index contributed by atoms with van der Waals surface area (Å²) in [5.41, 5.74) is 4.86. The zero-order chi connectivity index (χ0) is 15.7. The summed E-state index contributed by atoms with van der Waals surface area (Å²) >= 11 is 0. The third-order valence-electron chi connectivity index (χ3n) is 5.04. The highest BCUT2D eigenvalue weighted by atomic mass is 16.6. The van der Waals surface area contributed by atoms with Crippen LogP contribution in [0.25, 0.3) is 0 Å². The monoisotopic (exact) mass is 307 g/mol. The molecular formula is C20H21NO2. The second-order valence-corrected chi connectivity index (χ2v) is 6.33. The largest absolute Gasteiger partial charge is 0.399 e. The van der Waals surface area contributed by atoms with Crippen molar-refractivity contribution in [1.29, 1.82) is 0 Å². The Morgan fingerprint density at radius 1 is 1.00 bits per heavy atom. The first kappa shape index (κ1) is 14.5. The molecule has 0 bridgehead atoms. The van der Waals surface area contributed by atoms with Gasteiger partial charge in [0.15, 0.2) is 0 Å². The molecule has 1 heterocycles. The molecule has 4 rings (SSSR count). The summed E-state index contributed by atoms with van der Waals surface area (Å²) in [7, 11) is 1.62. The molecule has 2 aromatic carbocycles. The average molecular weight is 307 g/mol. The third-order valence-corrected chi connectivity index (χ3v) is 5.04. The summed E-state index contributed by atoms with van der Waals surface area (Å²) in [5.74, 6) is 0. The highest BCUT2D eigenvalue weighted by molar-refractivity contribution is 5.85. The zero-order valence-electron chi connectivity index (χ0n) is 13.4. The average Bonchev–Trinajstić information content (AvgIpc) is 2.93. The van der Waals surface area contributed by atoms with Gasteiger partial charge in [-0.2, -0.15) is 0 Å². The van der Waals surface area contributed by atoms with Crippen LogP contribution < -0.4 is 0 Å². The first-order chi connectivity index (χ1) is 11.3. The third kappa shape index (κ3) is 2.45. The molecule has 1 unspecified atom stereocenters. The number of rotatable bonds is 2. The van der Waals surface area contributed by atoms with Gasteiger partial charge in [0, 0.05) is 0 Å². The molecule has 2 aliphatic rings. The van der Waals surface area contributed by atoms with E-state index in [1.54, 1.807) is 7.11 Å². The number of ether oxygens (including phenoxy) is 1. The fourth-order valence-corrected chi connectivity index (χ4v) is 3.92. The molecule has 1 aliphatic heterocycles. The van der Waals surface area contributed by atoms with Crippen molar-refractivity contribution in [3.63, 3.8) is 0 Å². The van der Waals surface area contributed by atoms with Crippen molar-refractivity contribution in [2.75, 3.05) is 7.11 Å². The number of benzene rings is 2. The van der Waals surface area contributed by atoms with E-state index in [-0.39, 0.29) is 11.7 Å². The van der Waals surface area contributed by atoms with Gasteiger partial charge in [-0.15, -0.1) is 0 Å². The van der Waals surface area contributed by atoms with Gasteiger partial charge in [-0.05, 0) is 42.4 Å². The van der Waals surface area contributed by atoms with Crippen LogP contribution in [-0.2, 0) is 15.2 Å². The van der Waals surface area contributed by atoms with Gasteiger partial charge in [-0.1, -0.05) is 59.8 Å². The molecule has 1 spiro atoms. The van der Waals surface area contributed by atoms with E-state index in [9.17, 15) is 0 Å². The first-order valence-electron chi connectivity index (χ1n) is 8.23. The lowest BCUT2D eigenvalue weighted by Crippen LogP contribution is -2.32. The molecule has 1 atom stereocenters. The first-order valence-corrected chi connectivity index (χ1v) is 8.23. The van der Waals surface area contributed by atoms with Gasteiger partial charge in [-0.3, -0.25) is 0 Å². The highest BCUT2D eigenvalue weighted by Crippen LogP contribution is 2.52. The molecule has 0 N–H and O–H groups in total. The molecule has 1 fully saturated rings. The molecule has 3 heteroatoms. The molecule has 2 aromatic rings. The maximum Gasteiger partial charge on any atom is 0.109 e. The smallest absolute Gasteiger partial charge is 0.109 e. The Morgan fingerprint density at radius 3 is 2.43 bits per heavy atom. The SMILES string of the molecule is CON=C1CCC2(CC1)OC(c1ccccc1)c1ccccc12. The standard InChI is InChI=1S/C20H21NO2/c1-22-21-16-11-13-20(14-12-16)18-10-6-5-9-17(18)19(23-20)15-7-3-2-4-8-15/h2-10,19H,11-14H2,1H3. The molecule has 1 saturated carbocycles. The Morgan fingerprint density at radius 2 is 1.70 bits per heavy atom. The van der Waals surface area contributed by atoms with Gasteiger partial charge in [0.2, 0.25) is 0 Å². The Kier molecular flexibility index (Phi) is 3.66. The van der Waals surface area contributed by atoms with Crippen LogP contribution in [0, 0.1) is 0 Å². The summed E-state index contributed by atoms with van der Waals surface area (Å²) < 4.78 is 6.68. The Bertz CT molecular complexity index is 713. The molecule has 3 nitrogen and oxygen atoms in total.